The number of ether oxygens (including phenoxy) is 2. The molecule has 2 rings (SSSR count). The third-order valence-corrected chi connectivity index (χ3v) is 7.39. The lowest BCUT2D eigenvalue weighted by Crippen LogP contribution is -2.40. The Morgan fingerprint density at radius 1 is 1.27 bits per heavy atom. The Hall–Kier alpha value is -2.11. The molecule has 1 atom stereocenters. The number of hydrogen-bond donors (Lipinski definition) is 1. The van der Waals surface area contributed by atoms with Crippen molar-refractivity contribution in [1.82, 2.24) is 10.2 Å². The molecule has 0 saturated carbocycles. The van der Waals surface area contributed by atoms with Crippen molar-refractivity contribution in [2.75, 3.05) is 51.2 Å². The maximum Gasteiger partial charge on any atom is 0.339 e. The first-order valence-corrected chi connectivity index (χ1v) is 12.1. The normalized spacial score (nSPS) is 17.3. The lowest BCUT2D eigenvalue weighted by Gasteiger charge is -2.23. The summed E-state index contributed by atoms with van der Waals surface area (Å²) in [5, 5.41) is 2.69. The van der Waals surface area contributed by atoms with Crippen LogP contribution in [0.15, 0.2) is 29.2 Å². The number of esters is 1. The topological polar surface area (TPSA) is 119 Å². The zero-order valence-corrected chi connectivity index (χ0v) is 18.6. The fourth-order valence-electron chi connectivity index (χ4n) is 2.84. The van der Waals surface area contributed by atoms with Gasteiger partial charge in [0.2, 0.25) is 5.91 Å². The van der Waals surface area contributed by atoms with Gasteiger partial charge in [0.15, 0.2) is 16.4 Å². The van der Waals surface area contributed by atoms with E-state index in [0.717, 1.165) is 0 Å². The van der Waals surface area contributed by atoms with Crippen molar-refractivity contribution < 1.29 is 32.3 Å². The van der Waals surface area contributed by atoms with Crippen LogP contribution in [0.5, 0.6) is 0 Å². The van der Waals surface area contributed by atoms with Crippen molar-refractivity contribution in [2.24, 2.45) is 0 Å². The first-order valence-electron chi connectivity index (χ1n) is 9.34. The molecule has 9 nitrogen and oxygen atoms in total. The molecule has 1 aromatic carbocycles. The average molecular weight is 459 g/mol. The third kappa shape index (κ3) is 7.29. The van der Waals surface area contributed by atoms with Gasteiger partial charge in [-0.2, -0.15) is 0 Å². The molecule has 166 valence electrons. The highest BCUT2D eigenvalue weighted by molar-refractivity contribution is 8.00. The second-order valence-corrected chi connectivity index (χ2v) is 10.0. The van der Waals surface area contributed by atoms with Gasteiger partial charge in [0.1, 0.15) is 0 Å². The van der Waals surface area contributed by atoms with E-state index >= 15 is 0 Å². The predicted molar refractivity (Wildman–Crippen MR) is 112 cm³/mol. The van der Waals surface area contributed by atoms with Gasteiger partial charge >= 0.3 is 5.97 Å². The molecule has 30 heavy (non-hydrogen) atoms. The minimum Gasteiger partial charge on any atom is -0.452 e. The van der Waals surface area contributed by atoms with Crippen molar-refractivity contribution >= 4 is 39.4 Å². The van der Waals surface area contributed by atoms with E-state index in [9.17, 15) is 22.8 Å². The zero-order valence-electron chi connectivity index (χ0n) is 17.0. The summed E-state index contributed by atoms with van der Waals surface area (Å²) in [5.74, 6) is -1.24. The van der Waals surface area contributed by atoms with Crippen LogP contribution < -0.4 is 5.32 Å². The maximum atomic E-state index is 12.5. The third-order valence-electron chi connectivity index (χ3n) is 4.57. The number of hydrogen-bond acceptors (Lipinski definition) is 8. The van der Waals surface area contributed by atoms with Crippen molar-refractivity contribution in [3.05, 3.63) is 29.8 Å². The molecule has 0 radical (unpaired) electrons. The Bertz CT molecular complexity index is 873. The molecule has 1 saturated heterocycles. The molecular weight excluding hydrogens is 432 g/mol. The summed E-state index contributed by atoms with van der Waals surface area (Å²) in [6.07, 6.45) is 0.379. The lowest BCUT2D eigenvalue weighted by molar-refractivity contribution is -0.134. The molecule has 1 aliphatic heterocycles. The van der Waals surface area contributed by atoms with E-state index in [1.807, 2.05) is 0 Å². The van der Waals surface area contributed by atoms with Crippen molar-refractivity contribution in [2.45, 2.75) is 17.4 Å². The SMILES string of the molecule is COCCNC(=O)CSc1ccccc1C(=O)OCC(=O)N(C)C1CCS(=O)(=O)C1. The summed E-state index contributed by atoms with van der Waals surface area (Å²) < 4.78 is 33.2. The summed E-state index contributed by atoms with van der Waals surface area (Å²) in [4.78, 5) is 38.5. The molecule has 11 heteroatoms. The van der Waals surface area contributed by atoms with Crippen LogP contribution in [0.3, 0.4) is 0 Å². The van der Waals surface area contributed by atoms with Gasteiger partial charge in [0.25, 0.3) is 5.91 Å². The van der Waals surface area contributed by atoms with Gasteiger partial charge in [0.05, 0.1) is 29.4 Å². The zero-order chi connectivity index (χ0) is 22.1. The lowest BCUT2D eigenvalue weighted by atomic mass is 10.2. The number of nitrogens with one attached hydrogen (secondary N) is 1. The Kier molecular flexibility index (Phi) is 9.12. The monoisotopic (exact) mass is 458 g/mol. The second kappa shape index (κ2) is 11.3. The fraction of sp³-hybridized carbons (Fsp3) is 0.526. The Labute approximate surface area is 180 Å². The molecule has 1 aromatic rings. The van der Waals surface area contributed by atoms with Crippen molar-refractivity contribution in [3.63, 3.8) is 0 Å². The molecule has 0 bridgehead atoms. The average Bonchev–Trinajstić information content (AvgIpc) is 3.09. The second-order valence-electron chi connectivity index (χ2n) is 6.77. The number of carbonyl (C=O) groups is 3. The van der Waals surface area contributed by atoms with Crippen LogP contribution in [0.25, 0.3) is 0 Å². The number of sulfone groups is 1. The van der Waals surface area contributed by atoms with Gasteiger partial charge in [-0.25, -0.2) is 13.2 Å². The van der Waals surface area contributed by atoms with Gasteiger partial charge in [-0.05, 0) is 18.6 Å². The Morgan fingerprint density at radius 3 is 2.67 bits per heavy atom. The largest absolute Gasteiger partial charge is 0.452 e. The molecule has 1 fully saturated rings. The minimum atomic E-state index is -3.12. The molecular formula is C19H26N2O7S2. The van der Waals surface area contributed by atoms with E-state index in [0.29, 0.717) is 24.5 Å². The number of likely N-dealkylation sites (N-methyl/N-ethyl adjacent to an activating group) is 1. The number of nitrogens with zero attached hydrogens (tertiary/aromatic N) is 1. The van der Waals surface area contributed by atoms with E-state index in [4.69, 9.17) is 9.47 Å². The predicted octanol–water partition coefficient (Wildman–Crippen LogP) is 0.344. The van der Waals surface area contributed by atoms with Crippen molar-refractivity contribution in [3.8, 4) is 0 Å². The number of carbonyl (C=O) groups excluding carboxylic acids is 3. The summed E-state index contributed by atoms with van der Waals surface area (Å²) in [7, 11) is -0.0687. The smallest absolute Gasteiger partial charge is 0.339 e. The van der Waals surface area contributed by atoms with Crippen LogP contribution in [-0.2, 0) is 28.9 Å². The molecule has 1 heterocycles. The molecule has 1 N–H and O–H groups in total. The summed E-state index contributed by atoms with van der Waals surface area (Å²) >= 11 is 1.19. The minimum absolute atomic E-state index is 0.0543. The molecule has 2 amide bonds. The Morgan fingerprint density at radius 2 is 2.00 bits per heavy atom. The van der Waals surface area contributed by atoms with Gasteiger partial charge in [-0.1, -0.05) is 12.1 Å². The van der Waals surface area contributed by atoms with Crippen LogP contribution in [0, 0.1) is 0 Å². The van der Waals surface area contributed by atoms with E-state index < -0.39 is 34.4 Å². The van der Waals surface area contributed by atoms with Crippen LogP contribution >= 0.6 is 11.8 Å². The van der Waals surface area contributed by atoms with Crippen LogP contribution in [0.4, 0.5) is 0 Å². The van der Waals surface area contributed by atoms with Crippen LogP contribution in [-0.4, -0.2) is 88.3 Å². The summed E-state index contributed by atoms with van der Waals surface area (Å²) in [6.45, 7) is 0.328. The molecule has 0 aliphatic carbocycles. The molecule has 1 unspecified atom stereocenters. The summed E-state index contributed by atoms with van der Waals surface area (Å²) in [6, 6.07) is 6.25. The maximum absolute atomic E-state index is 12.5. The number of methoxy groups -OCH3 is 1. The van der Waals surface area contributed by atoms with Gasteiger partial charge in [-0.15, -0.1) is 11.8 Å². The van der Waals surface area contributed by atoms with E-state index in [1.54, 1.807) is 31.4 Å². The number of rotatable bonds is 10. The van der Waals surface area contributed by atoms with Gasteiger partial charge in [-0.3, -0.25) is 9.59 Å². The highest BCUT2D eigenvalue weighted by Gasteiger charge is 2.33. The highest BCUT2D eigenvalue weighted by Crippen LogP contribution is 2.23. The highest BCUT2D eigenvalue weighted by atomic mass is 32.2. The number of amides is 2. The van der Waals surface area contributed by atoms with Gasteiger partial charge < -0.3 is 19.7 Å². The van der Waals surface area contributed by atoms with E-state index in [1.165, 1.54) is 23.7 Å². The summed E-state index contributed by atoms with van der Waals surface area (Å²) in [5.41, 5.74) is 0.256. The Balaban J connectivity index is 1.88. The quantitative estimate of drug-likeness (QED) is 0.303. The molecule has 1 aliphatic rings. The standard InChI is InChI=1S/C19H26N2O7S2/c1-21(14-7-10-30(25,26)13-14)18(23)11-28-19(24)15-5-3-4-6-16(15)29-12-17(22)20-8-9-27-2/h3-6,14H,7-13H2,1-2H3,(H,20,22). The van der Waals surface area contributed by atoms with Crippen molar-refractivity contribution in [1.29, 1.82) is 0 Å². The number of thioether (sulfide) groups is 1. The van der Waals surface area contributed by atoms with Crippen LogP contribution in [0.2, 0.25) is 0 Å². The van der Waals surface area contributed by atoms with Crippen LogP contribution in [0.1, 0.15) is 16.8 Å². The molecule has 0 aromatic heterocycles. The first-order chi connectivity index (χ1) is 14.2. The number of benzene rings is 1. The van der Waals surface area contributed by atoms with E-state index in [2.05, 4.69) is 5.32 Å². The van der Waals surface area contributed by atoms with Gasteiger partial charge in [0, 0.05) is 31.6 Å². The fourth-order valence-corrected chi connectivity index (χ4v) is 5.48. The molecule has 0 spiro atoms. The first kappa shape index (κ1) is 24.2. The van der Waals surface area contributed by atoms with E-state index in [-0.39, 0.29) is 28.7 Å².